The molecule has 34 heavy (non-hydrogen) atoms. The second kappa shape index (κ2) is 11.3. The Morgan fingerprint density at radius 3 is 2.41 bits per heavy atom. The van der Waals surface area contributed by atoms with E-state index in [1.54, 1.807) is 18.2 Å². The molecule has 0 spiro atoms. The van der Waals surface area contributed by atoms with E-state index >= 15 is 0 Å². The Balaban J connectivity index is 0.000000248. The van der Waals surface area contributed by atoms with Crippen LogP contribution in [-0.4, -0.2) is 59.9 Å². The molecule has 1 fully saturated rings. The zero-order chi connectivity index (χ0) is 25.5. The molecule has 1 saturated heterocycles. The van der Waals surface area contributed by atoms with Gasteiger partial charge in [0, 0.05) is 25.2 Å². The lowest BCUT2D eigenvalue weighted by atomic mass is 10.1. The number of hydrogen-bond acceptors (Lipinski definition) is 8. The van der Waals surface area contributed by atoms with Gasteiger partial charge in [-0.2, -0.15) is 14.8 Å². The number of nitrogens with zero attached hydrogens (tertiary/aromatic N) is 3. The van der Waals surface area contributed by atoms with Gasteiger partial charge < -0.3 is 20.1 Å². The number of rotatable bonds is 6. The topological polar surface area (TPSA) is 155 Å². The van der Waals surface area contributed by atoms with Crippen molar-refractivity contribution in [3.63, 3.8) is 0 Å². The van der Waals surface area contributed by atoms with Gasteiger partial charge in [-0.05, 0) is 24.5 Å². The van der Waals surface area contributed by atoms with E-state index in [1.165, 1.54) is 18.2 Å². The minimum absolute atomic E-state index is 0.0697. The maximum Gasteiger partial charge on any atom is 0.244 e. The third-order valence-electron chi connectivity index (χ3n) is 4.96. The van der Waals surface area contributed by atoms with Gasteiger partial charge in [0.2, 0.25) is 10.0 Å². The molecule has 0 bridgehead atoms. The molecule has 1 heterocycles. The van der Waals surface area contributed by atoms with Crippen LogP contribution in [0, 0.1) is 34.4 Å². The zero-order valence-electron chi connectivity index (χ0n) is 18.8. The van der Waals surface area contributed by atoms with Gasteiger partial charge in [0.25, 0.3) is 0 Å². The van der Waals surface area contributed by atoms with Crippen molar-refractivity contribution >= 4 is 10.0 Å². The fourth-order valence-electron chi connectivity index (χ4n) is 3.08. The molecular formula is C23H26FN3O6S. The van der Waals surface area contributed by atoms with Crippen molar-refractivity contribution in [2.45, 2.75) is 30.8 Å². The average Bonchev–Trinajstić information content (AvgIpc) is 3.22. The monoisotopic (exact) mass is 491 g/mol. The average molecular weight is 492 g/mol. The zero-order valence-corrected chi connectivity index (χ0v) is 19.6. The summed E-state index contributed by atoms with van der Waals surface area (Å²) in [6.45, 7) is 3.78. The summed E-state index contributed by atoms with van der Waals surface area (Å²) >= 11 is 0. The van der Waals surface area contributed by atoms with Gasteiger partial charge in [-0.25, -0.2) is 12.8 Å². The summed E-state index contributed by atoms with van der Waals surface area (Å²) in [6, 6.07) is 11.5. The van der Waals surface area contributed by atoms with Gasteiger partial charge in [0.1, 0.15) is 23.6 Å². The first-order valence-electron chi connectivity index (χ1n) is 10.4. The standard InChI is InChI=1S/C12H14N2O4S.C11H12FNO2/c13-7-10-3-1-2-4-11(10)19(17,18)14-6-5-12(16,8-14)9-15;1-7(2)6-15-11-3-8(5-13)9(12)4-10(11)14/h1-4,15-16H,5-6,8-9H2;3-4,7,14H,6H2,1-2H3. The number of sulfonamides is 1. The lowest BCUT2D eigenvalue weighted by Gasteiger charge is -2.21. The van der Waals surface area contributed by atoms with E-state index in [0.717, 1.165) is 10.4 Å². The first kappa shape index (κ1) is 27.0. The highest BCUT2D eigenvalue weighted by Crippen LogP contribution is 2.29. The summed E-state index contributed by atoms with van der Waals surface area (Å²) in [5.74, 6) is -0.597. The lowest BCUT2D eigenvalue weighted by Crippen LogP contribution is -2.38. The van der Waals surface area contributed by atoms with Crippen LogP contribution in [0.25, 0.3) is 0 Å². The predicted octanol–water partition coefficient (Wildman–Crippen LogP) is 2.11. The number of aliphatic hydroxyl groups is 2. The number of phenolic OH excluding ortho intramolecular Hbond substituents is 1. The van der Waals surface area contributed by atoms with Gasteiger partial charge in [-0.1, -0.05) is 26.0 Å². The Kier molecular flexibility index (Phi) is 8.96. The Hall–Kier alpha value is -3.22. The first-order valence-corrected chi connectivity index (χ1v) is 11.8. The summed E-state index contributed by atoms with van der Waals surface area (Å²) in [7, 11) is -3.82. The molecule has 1 unspecified atom stereocenters. The van der Waals surface area contributed by atoms with Crippen LogP contribution in [0.5, 0.6) is 11.5 Å². The quantitative estimate of drug-likeness (QED) is 0.555. The first-order chi connectivity index (χ1) is 16.0. The Labute approximate surface area is 197 Å². The van der Waals surface area contributed by atoms with Crippen molar-refractivity contribution in [2.75, 3.05) is 26.3 Å². The van der Waals surface area contributed by atoms with Crippen LogP contribution in [0.4, 0.5) is 4.39 Å². The van der Waals surface area contributed by atoms with E-state index in [2.05, 4.69) is 0 Å². The fraction of sp³-hybridized carbons (Fsp3) is 0.391. The van der Waals surface area contributed by atoms with Gasteiger partial charge in [-0.15, -0.1) is 0 Å². The molecule has 1 aliphatic heterocycles. The van der Waals surface area contributed by atoms with Gasteiger partial charge in [0.05, 0.1) is 29.2 Å². The highest BCUT2D eigenvalue weighted by atomic mass is 32.2. The van der Waals surface area contributed by atoms with Gasteiger partial charge >= 0.3 is 0 Å². The minimum Gasteiger partial charge on any atom is -0.504 e. The highest BCUT2D eigenvalue weighted by molar-refractivity contribution is 7.89. The molecule has 0 saturated carbocycles. The molecule has 0 aromatic heterocycles. The number of ether oxygens (including phenoxy) is 1. The van der Waals surface area contributed by atoms with Crippen molar-refractivity contribution < 1.29 is 32.9 Å². The minimum atomic E-state index is -3.82. The molecule has 1 aliphatic rings. The summed E-state index contributed by atoms with van der Waals surface area (Å²) < 4.78 is 44.1. The number of nitriles is 2. The normalized spacial score (nSPS) is 18.0. The molecule has 1 atom stereocenters. The van der Waals surface area contributed by atoms with Crippen LogP contribution in [-0.2, 0) is 10.0 Å². The number of benzene rings is 2. The summed E-state index contributed by atoms with van der Waals surface area (Å²) in [5.41, 5.74) is -1.46. The van der Waals surface area contributed by atoms with E-state index < -0.39 is 28.0 Å². The second-order valence-electron chi connectivity index (χ2n) is 8.20. The summed E-state index contributed by atoms with van der Waals surface area (Å²) in [4.78, 5) is -0.0697. The molecule has 3 rings (SSSR count). The molecule has 11 heteroatoms. The van der Waals surface area contributed by atoms with Crippen LogP contribution in [0.2, 0.25) is 0 Å². The van der Waals surface area contributed by atoms with Crippen LogP contribution in [0.3, 0.4) is 0 Å². The largest absolute Gasteiger partial charge is 0.504 e. The molecule has 2 aromatic carbocycles. The third-order valence-corrected chi connectivity index (χ3v) is 6.86. The molecule has 2 aromatic rings. The SMILES string of the molecule is CC(C)COc1cc(C#N)c(F)cc1O.N#Cc1ccccc1S(=O)(=O)N1CCC(O)(CO)C1. The van der Waals surface area contributed by atoms with E-state index in [0.29, 0.717) is 12.5 Å². The van der Waals surface area contributed by atoms with E-state index in [4.69, 9.17) is 20.4 Å². The van der Waals surface area contributed by atoms with Crippen LogP contribution in [0.1, 0.15) is 31.4 Å². The number of aliphatic hydroxyl groups excluding tert-OH is 1. The molecule has 3 N–H and O–H groups in total. The van der Waals surface area contributed by atoms with Crippen LogP contribution in [0.15, 0.2) is 41.3 Å². The predicted molar refractivity (Wildman–Crippen MR) is 120 cm³/mol. The van der Waals surface area contributed by atoms with Crippen molar-refractivity contribution in [1.29, 1.82) is 10.5 Å². The lowest BCUT2D eigenvalue weighted by molar-refractivity contribution is -0.000735. The number of β-amino-alcohol motifs (C(OH)–C–C–N with tert-alkyl or cyclic N) is 1. The summed E-state index contributed by atoms with van der Waals surface area (Å²) in [5, 5.41) is 45.8. The smallest absolute Gasteiger partial charge is 0.244 e. The Bertz CT molecular complexity index is 1210. The van der Waals surface area contributed by atoms with Crippen molar-refractivity contribution in [2.24, 2.45) is 5.92 Å². The van der Waals surface area contributed by atoms with Crippen molar-refractivity contribution in [3.8, 4) is 23.6 Å². The van der Waals surface area contributed by atoms with Crippen molar-refractivity contribution in [1.82, 2.24) is 4.31 Å². The molecular weight excluding hydrogens is 465 g/mol. The highest BCUT2D eigenvalue weighted by Gasteiger charge is 2.41. The van der Waals surface area contributed by atoms with Crippen molar-refractivity contribution in [3.05, 3.63) is 53.3 Å². The maximum atomic E-state index is 13.0. The Morgan fingerprint density at radius 1 is 1.21 bits per heavy atom. The van der Waals surface area contributed by atoms with Gasteiger partial charge in [-0.3, -0.25) is 0 Å². The maximum absolute atomic E-state index is 13.0. The number of halogens is 1. The molecule has 182 valence electrons. The van der Waals surface area contributed by atoms with E-state index in [1.807, 2.05) is 19.9 Å². The number of hydrogen-bond donors (Lipinski definition) is 3. The van der Waals surface area contributed by atoms with Crippen LogP contribution >= 0.6 is 0 Å². The number of phenols is 1. The summed E-state index contributed by atoms with van der Waals surface area (Å²) in [6.07, 6.45) is 0.178. The molecule has 0 amide bonds. The van der Waals surface area contributed by atoms with E-state index in [-0.39, 0.29) is 47.0 Å². The second-order valence-corrected chi connectivity index (χ2v) is 10.1. The molecule has 9 nitrogen and oxygen atoms in total. The molecule has 0 radical (unpaired) electrons. The molecule has 0 aliphatic carbocycles. The van der Waals surface area contributed by atoms with Crippen LogP contribution < -0.4 is 4.74 Å². The Morgan fingerprint density at radius 2 is 1.85 bits per heavy atom. The fourth-order valence-corrected chi connectivity index (χ4v) is 4.74. The van der Waals surface area contributed by atoms with E-state index in [9.17, 15) is 23.0 Å². The van der Waals surface area contributed by atoms with Gasteiger partial charge in [0.15, 0.2) is 11.5 Å². The third kappa shape index (κ3) is 6.43. The number of aromatic hydroxyl groups is 1.